The topological polar surface area (TPSA) is 65.5 Å². The first kappa shape index (κ1) is 20.5. The zero-order chi connectivity index (χ0) is 19.9. The number of benzene rings is 1. The van der Waals surface area contributed by atoms with Crippen molar-refractivity contribution in [2.75, 3.05) is 47.9 Å². The molecule has 1 aliphatic rings. The van der Waals surface area contributed by atoms with Crippen LogP contribution in [0.2, 0.25) is 5.15 Å². The van der Waals surface area contributed by atoms with Crippen molar-refractivity contribution in [3.63, 3.8) is 0 Å². The Labute approximate surface area is 174 Å². The lowest BCUT2D eigenvalue weighted by atomic mass is 10.2. The van der Waals surface area contributed by atoms with Gasteiger partial charge in [-0.25, -0.2) is 4.98 Å². The SMILES string of the molecule is Cc1cccc(NC(=O)CSCC(=O)N2CCN(c3cccc(Cl)n3)CC2)c1. The van der Waals surface area contributed by atoms with Gasteiger partial charge in [-0.3, -0.25) is 9.59 Å². The Kier molecular flexibility index (Phi) is 7.17. The van der Waals surface area contributed by atoms with E-state index in [1.165, 1.54) is 11.8 Å². The van der Waals surface area contributed by atoms with Gasteiger partial charge in [0.05, 0.1) is 11.5 Å². The molecule has 148 valence electrons. The molecule has 3 rings (SSSR count). The zero-order valence-corrected chi connectivity index (χ0v) is 17.3. The van der Waals surface area contributed by atoms with Crippen molar-refractivity contribution in [1.82, 2.24) is 9.88 Å². The lowest BCUT2D eigenvalue weighted by Crippen LogP contribution is -2.49. The van der Waals surface area contributed by atoms with Crippen LogP contribution in [0.3, 0.4) is 0 Å². The summed E-state index contributed by atoms with van der Waals surface area (Å²) in [5, 5.41) is 3.32. The van der Waals surface area contributed by atoms with Gasteiger partial charge < -0.3 is 15.1 Å². The molecule has 1 aromatic heterocycles. The molecule has 2 amide bonds. The van der Waals surface area contributed by atoms with Gasteiger partial charge in [0.2, 0.25) is 11.8 Å². The first-order valence-electron chi connectivity index (χ1n) is 9.11. The second-order valence-electron chi connectivity index (χ2n) is 6.60. The number of rotatable bonds is 6. The number of thioether (sulfide) groups is 1. The van der Waals surface area contributed by atoms with Gasteiger partial charge >= 0.3 is 0 Å². The summed E-state index contributed by atoms with van der Waals surface area (Å²) in [5.41, 5.74) is 1.87. The number of pyridine rings is 1. The van der Waals surface area contributed by atoms with Crippen molar-refractivity contribution in [3.8, 4) is 0 Å². The Morgan fingerprint density at radius 3 is 2.57 bits per heavy atom. The minimum atomic E-state index is -0.0970. The van der Waals surface area contributed by atoms with E-state index in [0.29, 0.717) is 24.0 Å². The monoisotopic (exact) mass is 418 g/mol. The van der Waals surface area contributed by atoms with E-state index in [1.54, 1.807) is 6.07 Å². The van der Waals surface area contributed by atoms with Crippen molar-refractivity contribution < 1.29 is 9.59 Å². The Morgan fingerprint density at radius 2 is 1.86 bits per heavy atom. The van der Waals surface area contributed by atoms with E-state index in [1.807, 2.05) is 48.2 Å². The van der Waals surface area contributed by atoms with Crippen molar-refractivity contribution in [1.29, 1.82) is 0 Å². The lowest BCUT2D eigenvalue weighted by Gasteiger charge is -2.35. The summed E-state index contributed by atoms with van der Waals surface area (Å²) >= 11 is 7.29. The van der Waals surface area contributed by atoms with E-state index in [0.717, 1.165) is 30.2 Å². The molecule has 1 aliphatic heterocycles. The van der Waals surface area contributed by atoms with Crippen LogP contribution in [0, 0.1) is 6.92 Å². The molecule has 0 radical (unpaired) electrons. The predicted molar refractivity (Wildman–Crippen MR) is 115 cm³/mol. The highest BCUT2D eigenvalue weighted by Crippen LogP contribution is 2.17. The van der Waals surface area contributed by atoms with E-state index in [2.05, 4.69) is 15.2 Å². The van der Waals surface area contributed by atoms with E-state index >= 15 is 0 Å². The van der Waals surface area contributed by atoms with Gasteiger partial charge in [-0.15, -0.1) is 11.8 Å². The Bertz CT molecular complexity index is 840. The quantitative estimate of drug-likeness (QED) is 0.730. The molecule has 1 fully saturated rings. The first-order valence-corrected chi connectivity index (χ1v) is 10.6. The summed E-state index contributed by atoms with van der Waals surface area (Å²) in [4.78, 5) is 32.7. The average molecular weight is 419 g/mol. The summed E-state index contributed by atoms with van der Waals surface area (Å²) in [5.74, 6) is 1.36. The van der Waals surface area contributed by atoms with Gasteiger partial charge in [0, 0.05) is 31.9 Å². The molecule has 2 aromatic rings. The Balaban J connectivity index is 1.38. The summed E-state index contributed by atoms with van der Waals surface area (Å²) in [6.07, 6.45) is 0. The number of nitrogens with zero attached hydrogens (tertiary/aromatic N) is 3. The fourth-order valence-corrected chi connectivity index (χ4v) is 3.88. The molecule has 0 spiro atoms. The van der Waals surface area contributed by atoms with Crippen molar-refractivity contribution in [2.24, 2.45) is 0 Å². The molecule has 28 heavy (non-hydrogen) atoms. The second-order valence-corrected chi connectivity index (χ2v) is 7.97. The molecular weight excluding hydrogens is 396 g/mol. The van der Waals surface area contributed by atoms with Crippen LogP contribution in [-0.4, -0.2) is 59.4 Å². The van der Waals surface area contributed by atoms with E-state index < -0.39 is 0 Å². The number of carbonyl (C=O) groups excluding carboxylic acids is 2. The molecule has 0 atom stereocenters. The molecule has 2 heterocycles. The van der Waals surface area contributed by atoms with Crippen molar-refractivity contribution in [2.45, 2.75) is 6.92 Å². The first-order chi connectivity index (χ1) is 13.5. The molecule has 1 N–H and O–H groups in total. The van der Waals surface area contributed by atoms with Crippen LogP contribution in [0.25, 0.3) is 0 Å². The Morgan fingerprint density at radius 1 is 1.11 bits per heavy atom. The third-order valence-electron chi connectivity index (χ3n) is 4.42. The average Bonchev–Trinajstić information content (AvgIpc) is 2.68. The molecule has 1 aromatic carbocycles. The maximum absolute atomic E-state index is 12.4. The third kappa shape index (κ3) is 5.87. The largest absolute Gasteiger partial charge is 0.353 e. The smallest absolute Gasteiger partial charge is 0.234 e. The fraction of sp³-hybridized carbons (Fsp3) is 0.350. The minimum absolute atomic E-state index is 0.0621. The second kappa shape index (κ2) is 9.80. The normalized spacial score (nSPS) is 14.1. The number of nitrogens with one attached hydrogen (secondary N) is 1. The highest BCUT2D eigenvalue weighted by atomic mass is 35.5. The number of aryl methyl sites for hydroxylation is 1. The zero-order valence-electron chi connectivity index (χ0n) is 15.7. The predicted octanol–water partition coefficient (Wildman–Crippen LogP) is 3.06. The highest BCUT2D eigenvalue weighted by Gasteiger charge is 2.22. The molecule has 1 saturated heterocycles. The maximum Gasteiger partial charge on any atom is 0.234 e. The number of carbonyl (C=O) groups is 2. The molecule has 6 nitrogen and oxygen atoms in total. The van der Waals surface area contributed by atoms with Crippen molar-refractivity contribution in [3.05, 3.63) is 53.2 Å². The van der Waals surface area contributed by atoms with Gasteiger partial charge in [0.15, 0.2) is 0 Å². The standard InChI is InChI=1S/C20H23ClN4O2S/c1-15-4-2-5-16(12-15)22-19(26)13-28-14-20(27)25-10-8-24(9-11-25)18-7-3-6-17(21)23-18/h2-7,12H,8-11,13-14H2,1H3,(H,22,26). The summed E-state index contributed by atoms with van der Waals surface area (Å²) in [6, 6.07) is 13.2. The van der Waals surface area contributed by atoms with Crippen LogP contribution in [0.5, 0.6) is 0 Å². The van der Waals surface area contributed by atoms with Crippen LogP contribution in [0.1, 0.15) is 5.56 Å². The summed E-state index contributed by atoms with van der Waals surface area (Å²) in [6.45, 7) is 4.70. The van der Waals surface area contributed by atoms with Crippen LogP contribution in [0.15, 0.2) is 42.5 Å². The molecular formula is C20H23ClN4O2S. The number of anilines is 2. The van der Waals surface area contributed by atoms with Crippen LogP contribution in [0.4, 0.5) is 11.5 Å². The van der Waals surface area contributed by atoms with Crippen LogP contribution in [-0.2, 0) is 9.59 Å². The fourth-order valence-electron chi connectivity index (χ4n) is 3.00. The van der Waals surface area contributed by atoms with Crippen LogP contribution < -0.4 is 10.2 Å². The van der Waals surface area contributed by atoms with E-state index in [-0.39, 0.29) is 17.6 Å². The lowest BCUT2D eigenvalue weighted by molar-refractivity contribution is -0.128. The number of aromatic nitrogens is 1. The van der Waals surface area contributed by atoms with Crippen molar-refractivity contribution >= 4 is 46.7 Å². The van der Waals surface area contributed by atoms with Gasteiger partial charge in [0.1, 0.15) is 11.0 Å². The molecule has 0 saturated carbocycles. The number of amides is 2. The summed E-state index contributed by atoms with van der Waals surface area (Å²) in [7, 11) is 0. The highest BCUT2D eigenvalue weighted by molar-refractivity contribution is 8.00. The van der Waals surface area contributed by atoms with E-state index in [9.17, 15) is 9.59 Å². The van der Waals surface area contributed by atoms with E-state index in [4.69, 9.17) is 11.6 Å². The van der Waals surface area contributed by atoms with Crippen LogP contribution >= 0.6 is 23.4 Å². The number of piperazine rings is 1. The van der Waals surface area contributed by atoms with Gasteiger partial charge in [-0.05, 0) is 36.8 Å². The Hall–Kier alpha value is -2.25. The third-order valence-corrected chi connectivity index (χ3v) is 5.55. The summed E-state index contributed by atoms with van der Waals surface area (Å²) < 4.78 is 0. The molecule has 0 unspecified atom stereocenters. The van der Waals surface area contributed by atoms with Gasteiger partial charge in [-0.2, -0.15) is 0 Å². The molecule has 0 bridgehead atoms. The number of halogens is 1. The van der Waals surface area contributed by atoms with Gasteiger partial charge in [-0.1, -0.05) is 29.8 Å². The minimum Gasteiger partial charge on any atom is -0.353 e. The number of hydrogen-bond donors (Lipinski definition) is 1. The molecule has 8 heteroatoms. The van der Waals surface area contributed by atoms with Gasteiger partial charge in [0.25, 0.3) is 0 Å². The molecule has 0 aliphatic carbocycles. The number of hydrogen-bond acceptors (Lipinski definition) is 5. The maximum atomic E-state index is 12.4.